The fourth-order valence-corrected chi connectivity index (χ4v) is 14.2. The van der Waals surface area contributed by atoms with Gasteiger partial charge in [0.25, 0.3) is 5.91 Å². The fraction of sp³-hybridized carbons (Fsp3) is 0.817. The molecular formula is C71H130N12O12S. The number of nitrogens with zero attached hydrogens (tertiary/aromatic N) is 7. The number of allylic oxidation sites excluding steroid dienone is 2. The number of likely N-dealkylation sites (N-methyl/N-ethyl adjacent to an activating group) is 7. The van der Waals surface area contributed by atoms with Crippen LogP contribution >= 0.6 is 11.8 Å². The van der Waals surface area contributed by atoms with E-state index in [2.05, 4.69) is 47.4 Å². The second-order valence-electron chi connectivity index (χ2n) is 30.8. The maximum atomic E-state index is 16.5. The molecule has 11 amide bonds. The lowest BCUT2D eigenvalue weighted by molar-refractivity contribution is -0.159. The average Bonchev–Trinajstić information content (AvgIpc) is 0.796. The molecule has 2 unspecified atom stereocenters. The molecule has 1 rings (SSSR count). The summed E-state index contributed by atoms with van der Waals surface area (Å²) in [6.45, 7) is 39.9. The summed E-state index contributed by atoms with van der Waals surface area (Å²) >= 11 is 1.16. The molecule has 25 heteroatoms. The van der Waals surface area contributed by atoms with Crippen LogP contribution in [-0.2, 0) is 52.7 Å². The highest BCUT2D eigenvalue weighted by Crippen LogP contribution is 2.42. The molecule has 0 aliphatic carbocycles. The van der Waals surface area contributed by atoms with Crippen molar-refractivity contribution < 1.29 is 57.8 Å². The van der Waals surface area contributed by atoms with Crippen LogP contribution in [-0.4, -0.2) is 237 Å². The molecule has 1 heterocycles. The van der Waals surface area contributed by atoms with Gasteiger partial charge in [0, 0.05) is 55.4 Å². The SMILES string of the molecule is C/C=C/C[C@@H](C)[C@@H](O)[C@H]1C(=O)N[C@@H](CC)C(=O)N(C)CC(=O)N(C)[C@@H](CC(C)C)C(=O)N[C@@H](C(C)C)C(=O)N(C)[C@@H](CC(C)C)C(=O)N[C@@H](C)C(=O)N[C@H](C)C(=O)N(C)[C@@H](CC(C)C)C(=O)N(C)[C@@H](CC(C)C)C(=O)N(C)[C@](SC(C)NC(C)CC(C)(C)C)(C(C)C)C(=O)N1C. The molecule has 14 atom stereocenters. The molecule has 552 valence electrons. The van der Waals surface area contributed by atoms with E-state index in [4.69, 9.17) is 0 Å². The Morgan fingerprint density at radius 2 is 1.01 bits per heavy atom. The fourth-order valence-electron chi connectivity index (χ4n) is 12.6. The zero-order chi connectivity index (χ0) is 74.7. The Labute approximate surface area is 581 Å². The van der Waals surface area contributed by atoms with E-state index in [9.17, 15) is 38.7 Å². The maximum Gasteiger partial charge on any atom is 0.259 e. The molecule has 24 nitrogen and oxygen atoms in total. The third-order valence-electron chi connectivity index (χ3n) is 18.1. The van der Waals surface area contributed by atoms with Crippen molar-refractivity contribution in [1.29, 1.82) is 0 Å². The van der Waals surface area contributed by atoms with Crippen LogP contribution in [0, 0.1) is 46.8 Å². The number of aliphatic hydroxyl groups is 1. The summed E-state index contributed by atoms with van der Waals surface area (Å²) in [5.41, 5.74) is -0.0974. The van der Waals surface area contributed by atoms with Crippen LogP contribution in [0.25, 0.3) is 0 Å². The summed E-state index contributed by atoms with van der Waals surface area (Å²) < 4.78 is 0. The molecule has 0 spiro atoms. The van der Waals surface area contributed by atoms with Crippen LogP contribution in [0.3, 0.4) is 0 Å². The van der Waals surface area contributed by atoms with Crippen LogP contribution in [0.1, 0.15) is 197 Å². The van der Waals surface area contributed by atoms with E-state index in [-0.39, 0.29) is 73.7 Å². The summed E-state index contributed by atoms with van der Waals surface area (Å²) in [6, 6.07) is -11.5. The first-order chi connectivity index (χ1) is 44.1. The minimum Gasteiger partial charge on any atom is -0.390 e. The molecule has 96 heavy (non-hydrogen) atoms. The Morgan fingerprint density at radius 1 is 0.562 bits per heavy atom. The van der Waals surface area contributed by atoms with Crippen molar-refractivity contribution in [3.63, 3.8) is 0 Å². The smallest absolute Gasteiger partial charge is 0.259 e. The average molecular weight is 1380 g/mol. The van der Waals surface area contributed by atoms with Gasteiger partial charge >= 0.3 is 0 Å². The number of amides is 11. The van der Waals surface area contributed by atoms with Gasteiger partial charge in [-0.05, 0) is 126 Å². The second kappa shape index (κ2) is 39.1. The van der Waals surface area contributed by atoms with Gasteiger partial charge in [0.2, 0.25) is 59.1 Å². The van der Waals surface area contributed by atoms with E-state index in [0.717, 1.165) is 28.0 Å². The standard InChI is InChI=1S/C71H130N12O12S/c1-30-32-33-46(15)59(85)58-63(89)75-51(31-2)65(91)77(23)39-56(84)78(24)52(34-40(3)4)62(88)76-57(44(11)12)68(94)79(25)53(35-41(5)6)61(87)73-48(17)60(86)74-49(18)64(90)80(26)54(36-42(7)8)66(92)81(27)55(37-43(9)10)67(93)83(29)71(45(13)14,69(95)82(58)28)96-50(19)72-47(16)38-70(20,21)22/h30,32,40-55,57-59,72,85H,31,33-39H2,1-29H3,(H,73,87)(H,74,86)(H,75,89)(H,76,88)/b32-30+/t46-,47?,48+,49-,50?,51+,52+,53+,54+,55+,57+,58+,59-,71+/m1/s1. The van der Waals surface area contributed by atoms with Gasteiger partial charge < -0.3 is 66.0 Å². The normalized spacial score (nSPS) is 26.9. The van der Waals surface area contributed by atoms with E-state index in [1.807, 2.05) is 82.2 Å². The summed E-state index contributed by atoms with van der Waals surface area (Å²) in [4.78, 5) is 172. The molecule has 1 aliphatic rings. The van der Waals surface area contributed by atoms with Crippen LogP contribution < -0.4 is 26.6 Å². The van der Waals surface area contributed by atoms with Gasteiger partial charge in [-0.2, -0.15) is 0 Å². The van der Waals surface area contributed by atoms with Gasteiger partial charge in [-0.1, -0.05) is 130 Å². The number of carbonyl (C=O) groups excluding carboxylic acids is 11. The summed E-state index contributed by atoms with van der Waals surface area (Å²) in [5.74, 6) is -10.1. The van der Waals surface area contributed by atoms with E-state index in [1.54, 1.807) is 47.6 Å². The third-order valence-corrected chi connectivity index (χ3v) is 19.9. The summed E-state index contributed by atoms with van der Waals surface area (Å²) in [5, 5.41) is 26.8. The number of carbonyl (C=O) groups is 11. The first-order valence-corrected chi connectivity index (χ1v) is 35.8. The molecule has 0 aromatic carbocycles. The molecule has 0 aromatic rings. The van der Waals surface area contributed by atoms with Crippen LogP contribution in [0.15, 0.2) is 12.2 Å². The Kier molecular flexibility index (Phi) is 35.9. The Balaban J connectivity index is 4.67. The van der Waals surface area contributed by atoms with Crippen molar-refractivity contribution in [2.45, 2.75) is 274 Å². The van der Waals surface area contributed by atoms with Gasteiger partial charge in [-0.3, -0.25) is 52.7 Å². The predicted molar refractivity (Wildman–Crippen MR) is 381 cm³/mol. The van der Waals surface area contributed by atoms with Crippen molar-refractivity contribution in [2.75, 3.05) is 55.9 Å². The molecule has 1 aliphatic heterocycles. The molecule has 6 N–H and O–H groups in total. The largest absolute Gasteiger partial charge is 0.390 e. The van der Waals surface area contributed by atoms with Crippen molar-refractivity contribution in [3.8, 4) is 0 Å². The lowest BCUT2D eigenvalue weighted by Gasteiger charge is -2.49. The van der Waals surface area contributed by atoms with Crippen molar-refractivity contribution in [3.05, 3.63) is 12.2 Å². The zero-order valence-corrected chi connectivity index (χ0v) is 65.1. The molecular weight excluding hydrogens is 1240 g/mol. The van der Waals surface area contributed by atoms with Crippen molar-refractivity contribution in [1.82, 2.24) is 60.9 Å². The van der Waals surface area contributed by atoms with E-state index in [1.165, 1.54) is 87.7 Å². The minimum atomic E-state index is -1.90. The van der Waals surface area contributed by atoms with E-state index < -0.39 is 160 Å². The first-order valence-electron chi connectivity index (χ1n) is 34.9. The van der Waals surface area contributed by atoms with Gasteiger partial charge in [0.05, 0.1) is 18.0 Å². The Morgan fingerprint density at radius 3 is 1.47 bits per heavy atom. The van der Waals surface area contributed by atoms with Crippen molar-refractivity contribution >= 4 is 76.7 Å². The van der Waals surface area contributed by atoms with Gasteiger partial charge in [0.1, 0.15) is 54.4 Å². The maximum absolute atomic E-state index is 16.5. The monoisotopic (exact) mass is 1370 g/mol. The lowest BCUT2D eigenvalue weighted by atomic mass is 9.89. The van der Waals surface area contributed by atoms with Crippen LogP contribution in [0.2, 0.25) is 0 Å². The second-order valence-corrected chi connectivity index (χ2v) is 32.3. The number of aliphatic hydroxyl groups excluding tert-OH is 1. The minimum absolute atomic E-state index is 0.00214. The number of hydrogen-bond donors (Lipinski definition) is 6. The summed E-state index contributed by atoms with van der Waals surface area (Å²) in [7, 11) is 10.1. The number of thioether (sulfide) groups is 1. The highest BCUT2D eigenvalue weighted by atomic mass is 32.2. The number of rotatable bonds is 20. The quantitative estimate of drug-likeness (QED) is 0.0594. The van der Waals surface area contributed by atoms with Gasteiger partial charge in [-0.15, -0.1) is 11.8 Å². The number of nitrogens with one attached hydrogen (secondary N) is 5. The zero-order valence-electron chi connectivity index (χ0n) is 64.3. The molecule has 0 bridgehead atoms. The molecule has 0 radical (unpaired) electrons. The molecule has 1 saturated heterocycles. The molecule has 1 fully saturated rings. The summed E-state index contributed by atoms with van der Waals surface area (Å²) in [6.07, 6.45) is 3.63. The van der Waals surface area contributed by atoms with Crippen LogP contribution in [0.4, 0.5) is 0 Å². The third kappa shape index (κ3) is 24.9. The highest BCUT2D eigenvalue weighted by molar-refractivity contribution is 8.01. The van der Waals surface area contributed by atoms with E-state index in [0.29, 0.717) is 0 Å². The predicted octanol–water partition coefficient (Wildman–Crippen LogP) is 6.09. The molecule has 0 saturated carbocycles. The number of hydrogen-bond acceptors (Lipinski definition) is 14. The highest BCUT2D eigenvalue weighted by Gasteiger charge is 2.55. The van der Waals surface area contributed by atoms with E-state index >= 15 is 19.2 Å². The lowest BCUT2D eigenvalue weighted by Crippen LogP contribution is -2.68. The topological polar surface area (TPSA) is 291 Å². The van der Waals surface area contributed by atoms with Gasteiger partial charge in [0.15, 0.2) is 4.87 Å². The van der Waals surface area contributed by atoms with Crippen LogP contribution in [0.5, 0.6) is 0 Å². The van der Waals surface area contributed by atoms with Gasteiger partial charge in [-0.25, -0.2) is 0 Å². The van der Waals surface area contributed by atoms with Crippen molar-refractivity contribution in [2.24, 2.45) is 46.8 Å². The Bertz CT molecular complexity index is 2650. The first kappa shape index (κ1) is 88.2. The Hall–Kier alpha value is -5.82. The molecule has 0 aromatic heterocycles.